The van der Waals surface area contributed by atoms with E-state index in [1.807, 2.05) is 23.9 Å². The number of allylic oxidation sites excluding steroid dienone is 1. The number of nitrogens with one attached hydrogen (secondary N) is 2. The Morgan fingerprint density at radius 1 is 1.40 bits per heavy atom. The molecule has 1 saturated carbocycles. The molecule has 15 heteroatoms. The largest absolute Gasteiger partial charge is 0.400 e. The predicted octanol–water partition coefficient (Wildman–Crippen LogP) is 4.82. The lowest BCUT2D eigenvalue weighted by Gasteiger charge is -2.20. The van der Waals surface area contributed by atoms with Crippen LogP contribution in [0.3, 0.4) is 0 Å². The van der Waals surface area contributed by atoms with Gasteiger partial charge in [-0.25, -0.2) is 10.2 Å². The molecule has 0 radical (unpaired) electrons. The minimum Gasteiger partial charge on any atom is -0.400 e. The molecule has 1 saturated heterocycles. The quantitative estimate of drug-likeness (QED) is 0.0291. The molecule has 0 amide bonds. The van der Waals surface area contributed by atoms with Crippen LogP contribution in [0.1, 0.15) is 75.8 Å². The van der Waals surface area contributed by atoms with Gasteiger partial charge in [0, 0.05) is 12.8 Å². The highest BCUT2D eigenvalue weighted by Crippen LogP contribution is 2.32. The fourth-order valence-corrected chi connectivity index (χ4v) is 5.47. The van der Waals surface area contributed by atoms with Crippen LogP contribution < -0.4 is 11.2 Å². The maximum absolute atomic E-state index is 7.00. The molecular formula is C25H44ClN8O4PS. The third-order valence-corrected chi connectivity index (χ3v) is 8.28. The van der Waals surface area contributed by atoms with Crippen LogP contribution in [-0.4, -0.2) is 71.5 Å². The Bertz CT molecular complexity index is 990. The second-order valence-corrected chi connectivity index (χ2v) is 11.5. The topological polar surface area (TPSA) is 165 Å². The molecule has 0 bridgehead atoms. The SMILES string of the molecule is CCC/C=C(\Cl)NC(=NC1CCCC1)c1cnn(C2CCC(COC(COC/C(N=N)=N/N)PS)O2)c1C.CO. The van der Waals surface area contributed by atoms with Crippen molar-refractivity contribution >= 4 is 43.3 Å². The lowest BCUT2D eigenvalue weighted by molar-refractivity contribution is -0.0597. The predicted molar refractivity (Wildman–Crippen MR) is 164 cm³/mol. The van der Waals surface area contributed by atoms with E-state index in [9.17, 15) is 0 Å². The van der Waals surface area contributed by atoms with Crippen LogP contribution in [0.15, 0.2) is 32.6 Å². The van der Waals surface area contributed by atoms with Crippen molar-refractivity contribution in [2.75, 3.05) is 26.9 Å². The Labute approximate surface area is 249 Å². The Hall–Kier alpha value is -1.60. The molecule has 1 aliphatic carbocycles. The fraction of sp³-hybridized carbons (Fsp3) is 0.720. The van der Waals surface area contributed by atoms with Gasteiger partial charge in [0.25, 0.3) is 0 Å². The van der Waals surface area contributed by atoms with Gasteiger partial charge in [-0.15, -0.1) is 5.11 Å². The Balaban J connectivity index is 0.00000274. The number of aliphatic hydroxyl groups is 1. The van der Waals surface area contributed by atoms with Gasteiger partial charge in [-0.1, -0.05) is 37.8 Å². The molecule has 3 rings (SSSR count). The average Bonchev–Trinajstić information content (AvgIpc) is 3.74. The van der Waals surface area contributed by atoms with Gasteiger partial charge in [0.1, 0.15) is 23.4 Å². The number of hydrazone groups is 1. The Morgan fingerprint density at radius 2 is 2.15 bits per heavy atom. The lowest BCUT2D eigenvalue weighted by atomic mass is 10.2. The third-order valence-electron chi connectivity index (χ3n) is 6.55. The van der Waals surface area contributed by atoms with Gasteiger partial charge in [-0.05, 0) is 52.9 Å². The molecule has 12 nitrogen and oxygen atoms in total. The number of nitrogens with zero attached hydrogens (tertiary/aromatic N) is 5. The van der Waals surface area contributed by atoms with Crippen molar-refractivity contribution in [3.8, 4) is 0 Å². The number of aliphatic imine (C=N–C) groups is 1. The van der Waals surface area contributed by atoms with Crippen molar-refractivity contribution in [1.29, 1.82) is 5.53 Å². The number of nitrogens with two attached hydrogens (primary N) is 1. The minimum absolute atomic E-state index is 0.0557. The number of unbranched alkanes of at least 4 members (excludes halogenated alkanes) is 1. The molecule has 5 N–H and O–H groups in total. The van der Waals surface area contributed by atoms with E-state index in [0.717, 1.165) is 62.7 Å². The molecule has 0 aromatic carbocycles. The third kappa shape index (κ3) is 11.0. The first kappa shape index (κ1) is 34.6. The summed E-state index contributed by atoms with van der Waals surface area (Å²) < 4.78 is 19.7. The second-order valence-electron chi connectivity index (χ2n) is 9.38. The summed E-state index contributed by atoms with van der Waals surface area (Å²) in [5.41, 5.74) is 8.89. The number of halogens is 1. The van der Waals surface area contributed by atoms with Crippen LogP contribution in [-0.2, 0) is 14.2 Å². The number of rotatable bonds is 14. The summed E-state index contributed by atoms with van der Waals surface area (Å²) in [6.45, 7) is 4.96. The molecular weight excluding hydrogens is 575 g/mol. The maximum Gasteiger partial charge on any atom is 0.195 e. The van der Waals surface area contributed by atoms with Gasteiger partial charge in [-0.3, -0.25) is 4.99 Å². The second kappa shape index (κ2) is 19.5. The molecule has 40 heavy (non-hydrogen) atoms. The zero-order valence-electron chi connectivity index (χ0n) is 23.6. The van der Waals surface area contributed by atoms with Crippen molar-refractivity contribution in [2.24, 2.45) is 21.1 Å². The van der Waals surface area contributed by atoms with Crippen LogP contribution in [0.25, 0.3) is 0 Å². The van der Waals surface area contributed by atoms with Crippen LogP contribution in [0.4, 0.5) is 0 Å². The zero-order valence-corrected chi connectivity index (χ0v) is 26.2. The number of aliphatic hydroxyl groups excluding tert-OH is 1. The number of hydrogen-bond acceptors (Lipinski definition) is 10. The molecule has 1 aliphatic heterocycles. The van der Waals surface area contributed by atoms with Gasteiger partial charge < -0.3 is 30.5 Å². The van der Waals surface area contributed by atoms with Crippen molar-refractivity contribution in [2.45, 2.75) is 89.4 Å². The molecule has 4 unspecified atom stereocenters. The van der Waals surface area contributed by atoms with Crippen molar-refractivity contribution in [3.63, 3.8) is 0 Å². The van der Waals surface area contributed by atoms with E-state index in [-0.39, 0.29) is 38.4 Å². The van der Waals surface area contributed by atoms with Gasteiger partial charge in [-0.2, -0.15) is 22.4 Å². The maximum atomic E-state index is 7.00. The summed E-state index contributed by atoms with van der Waals surface area (Å²) in [5, 5.41) is 22.2. The molecule has 4 atom stereocenters. The molecule has 226 valence electrons. The minimum atomic E-state index is -0.199. The fourth-order valence-electron chi connectivity index (χ4n) is 4.46. The van der Waals surface area contributed by atoms with Crippen LogP contribution in [0.5, 0.6) is 0 Å². The van der Waals surface area contributed by atoms with Crippen molar-refractivity contribution in [3.05, 3.63) is 28.7 Å². The van der Waals surface area contributed by atoms with E-state index in [4.69, 9.17) is 47.3 Å². The summed E-state index contributed by atoms with van der Waals surface area (Å²) in [4.78, 5) is 5.03. The summed E-state index contributed by atoms with van der Waals surface area (Å²) in [5.74, 6) is 5.84. The number of thiol groups is 1. The van der Waals surface area contributed by atoms with Crippen LogP contribution >= 0.6 is 31.6 Å². The van der Waals surface area contributed by atoms with Crippen molar-refractivity contribution in [1.82, 2.24) is 15.1 Å². The van der Waals surface area contributed by atoms with Crippen LogP contribution in [0, 0.1) is 12.5 Å². The summed E-state index contributed by atoms with van der Waals surface area (Å²) >= 11 is 10.9. The number of aromatic nitrogens is 2. The standard InChI is InChI=1S/C24H40ClN8O3PS.CH4O/c1-3-4-9-20(25)30-24(29-17-7-5-6-8-17)19-12-28-33(16(19)2)22-11-10-18(36-22)13-35-23(37-38)15-34-14-21(31-26)32-27;1-2/h9,12,17-18,22-23,26,37-38H,3-8,10-11,13-15,27H2,1-2H3,(H,29,30);2H,1H3/b20-9+,31-26?,32-21-;. The Morgan fingerprint density at radius 3 is 2.80 bits per heavy atom. The Kier molecular flexibility index (Phi) is 16.9. The van der Waals surface area contributed by atoms with E-state index in [1.165, 1.54) is 12.8 Å². The van der Waals surface area contributed by atoms with Gasteiger partial charge in [0.15, 0.2) is 12.1 Å². The smallest absolute Gasteiger partial charge is 0.195 e. The first-order valence-electron chi connectivity index (χ1n) is 13.6. The molecule has 0 spiro atoms. The van der Waals surface area contributed by atoms with Gasteiger partial charge in [0.05, 0.1) is 37.1 Å². The molecule has 1 aromatic heterocycles. The van der Waals surface area contributed by atoms with Crippen molar-refractivity contribution < 1.29 is 19.3 Å². The monoisotopic (exact) mass is 618 g/mol. The van der Waals surface area contributed by atoms with E-state index in [2.05, 4.69) is 39.8 Å². The average molecular weight is 619 g/mol. The van der Waals surface area contributed by atoms with E-state index in [0.29, 0.717) is 24.4 Å². The highest BCUT2D eigenvalue weighted by Gasteiger charge is 2.30. The lowest BCUT2D eigenvalue weighted by Crippen LogP contribution is -2.25. The highest BCUT2D eigenvalue weighted by molar-refractivity contribution is 8.38. The highest BCUT2D eigenvalue weighted by atomic mass is 35.5. The van der Waals surface area contributed by atoms with Crippen LogP contribution in [0.2, 0.25) is 0 Å². The summed E-state index contributed by atoms with van der Waals surface area (Å²) in [7, 11) is 1.23. The van der Waals surface area contributed by atoms with E-state index >= 15 is 0 Å². The first-order valence-corrected chi connectivity index (χ1v) is 16.3. The number of hydrogen-bond donors (Lipinski definition) is 5. The first-order chi connectivity index (χ1) is 19.5. The van der Waals surface area contributed by atoms with E-state index in [1.54, 1.807) is 0 Å². The van der Waals surface area contributed by atoms with Gasteiger partial charge in [0.2, 0.25) is 0 Å². The normalized spacial score (nSPS) is 21.6. The summed E-state index contributed by atoms with van der Waals surface area (Å²) in [6, 6.07) is 0.306. The molecule has 2 fully saturated rings. The number of ether oxygens (including phenoxy) is 3. The number of amidine groups is 2. The molecule has 2 aliphatic rings. The van der Waals surface area contributed by atoms with E-state index < -0.39 is 0 Å². The van der Waals surface area contributed by atoms with Gasteiger partial charge >= 0.3 is 0 Å². The summed E-state index contributed by atoms with van der Waals surface area (Å²) in [6.07, 6.45) is 11.9. The molecule has 1 aromatic rings. The zero-order chi connectivity index (χ0) is 29.3. The molecule has 2 heterocycles.